The van der Waals surface area contributed by atoms with Crippen LogP contribution in [-0.2, 0) is 21.2 Å². The van der Waals surface area contributed by atoms with Gasteiger partial charge in [0.2, 0.25) is 15.9 Å². The van der Waals surface area contributed by atoms with Crippen molar-refractivity contribution < 1.29 is 17.6 Å². The molecule has 26 heavy (non-hydrogen) atoms. The molecule has 1 aromatic carbocycles. The first-order chi connectivity index (χ1) is 12.3. The summed E-state index contributed by atoms with van der Waals surface area (Å²) < 4.78 is 38.7. The molecule has 0 bridgehead atoms. The van der Waals surface area contributed by atoms with Crippen molar-refractivity contribution in [3.63, 3.8) is 0 Å². The molecule has 1 aromatic heterocycles. The van der Waals surface area contributed by atoms with Gasteiger partial charge in [-0.15, -0.1) is 0 Å². The lowest BCUT2D eigenvalue weighted by atomic mass is 9.95. The summed E-state index contributed by atoms with van der Waals surface area (Å²) in [5.41, 5.74) is 2.34. The second kappa shape index (κ2) is 7.51. The highest BCUT2D eigenvalue weighted by atomic mass is 32.2. The number of benzene rings is 1. The molecule has 0 unspecified atom stereocenters. The second-order valence-corrected chi connectivity index (χ2v) is 8.16. The molecule has 3 rings (SSSR count). The summed E-state index contributed by atoms with van der Waals surface area (Å²) >= 11 is 0. The Balaban J connectivity index is 1.93. The maximum absolute atomic E-state index is 13.3. The number of carbonyl (C=O) groups excluding carboxylic acids is 1. The fourth-order valence-electron chi connectivity index (χ4n) is 3.11. The molecule has 2 aromatic rings. The van der Waals surface area contributed by atoms with Gasteiger partial charge in [0.05, 0.1) is 24.1 Å². The zero-order valence-electron chi connectivity index (χ0n) is 14.4. The highest BCUT2D eigenvalue weighted by Gasteiger charge is 2.30. The van der Waals surface area contributed by atoms with Crippen molar-refractivity contribution in [2.45, 2.75) is 18.8 Å². The Labute approximate surface area is 152 Å². The summed E-state index contributed by atoms with van der Waals surface area (Å²) in [6.45, 7) is 0.448. The molecule has 0 radical (unpaired) electrons. The summed E-state index contributed by atoms with van der Waals surface area (Å²) in [5.74, 6) is -1.40. The lowest BCUT2D eigenvalue weighted by Gasteiger charge is -2.32. The number of amides is 1. The number of hydrogen-bond acceptors (Lipinski definition) is 4. The van der Waals surface area contributed by atoms with Gasteiger partial charge in [0.25, 0.3) is 0 Å². The van der Waals surface area contributed by atoms with Gasteiger partial charge in [-0.25, -0.2) is 17.5 Å². The molecule has 0 spiro atoms. The number of pyridine rings is 1. The molecule has 1 atom stereocenters. The molecule has 0 fully saturated rings. The Hall–Kier alpha value is -2.32. The summed E-state index contributed by atoms with van der Waals surface area (Å²) in [6.07, 6.45) is 6.07. The molecule has 8 heteroatoms. The van der Waals surface area contributed by atoms with Crippen molar-refractivity contribution in [1.82, 2.24) is 9.71 Å². The van der Waals surface area contributed by atoms with Crippen LogP contribution in [0.2, 0.25) is 0 Å². The van der Waals surface area contributed by atoms with Crippen LogP contribution in [0.3, 0.4) is 0 Å². The van der Waals surface area contributed by atoms with Gasteiger partial charge in [0.1, 0.15) is 5.82 Å². The van der Waals surface area contributed by atoms with Crippen LogP contribution in [0.1, 0.15) is 23.5 Å². The summed E-state index contributed by atoms with van der Waals surface area (Å²) in [5, 5.41) is 0. The van der Waals surface area contributed by atoms with Crippen molar-refractivity contribution in [3.05, 3.63) is 59.7 Å². The summed E-state index contributed by atoms with van der Waals surface area (Å²) in [4.78, 5) is 19.0. The van der Waals surface area contributed by atoms with Gasteiger partial charge in [0.15, 0.2) is 0 Å². The molecule has 6 nitrogen and oxygen atoms in total. The third-order valence-electron chi connectivity index (χ3n) is 4.39. The SMILES string of the molecule is CS(=O)(=O)NC[C@@H](C(=O)N1CCCc2ccncc21)c1ccc(F)cc1. The van der Waals surface area contributed by atoms with Gasteiger partial charge in [-0.2, -0.15) is 0 Å². The molecule has 1 aliphatic rings. The first-order valence-corrected chi connectivity index (χ1v) is 10.2. The average molecular weight is 377 g/mol. The number of hydrogen-bond donors (Lipinski definition) is 1. The topological polar surface area (TPSA) is 79.4 Å². The highest BCUT2D eigenvalue weighted by molar-refractivity contribution is 7.88. The molecule has 0 saturated heterocycles. The lowest BCUT2D eigenvalue weighted by Crippen LogP contribution is -2.42. The third-order valence-corrected chi connectivity index (χ3v) is 5.08. The number of nitrogens with one attached hydrogen (secondary N) is 1. The van der Waals surface area contributed by atoms with E-state index in [0.717, 1.165) is 30.3 Å². The number of carbonyl (C=O) groups is 1. The minimum Gasteiger partial charge on any atom is -0.310 e. The Bertz CT molecular complexity index is 900. The minimum absolute atomic E-state index is 0.0879. The van der Waals surface area contributed by atoms with Crippen LogP contribution in [0.4, 0.5) is 10.1 Å². The zero-order chi connectivity index (χ0) is 18.7. The highest BCUT2D eigenvalue weighted by Crippen LogP contribution is 2.29. The monoisotopic (exact) mass is 377 g/mol. The van der Waals surface area contributed by atoms with E-state index in [4.69, 9.17) is 0 Å². The van der Waals surface area contributed by atoms with E-state index in [0.29, 0.717) is 12.1 Å². The van der Waals surface area contributed by atoms with Crippen molar-refractivity contribution >= 4 is 21.6 Å². The molecule has 138 valence electrons. The van der Waals surface area contributed by atoms with E-state index in [1.165, 1.54) is 24.3 Å². The zero-order valence-corrected chi connectivity index (χ0v) is 15.2. The Kier molecular flexibility index (Phi) is 5.33. The number of nitrogens with zero attached hydrogens (tertiary/aromatic N) is 2. The average Bonchev–Trinajstić information content (AvgIpc) is 2.61. The smallest absolute Gasteiger partial charge is 0.235 e. The minimum atomic E-state index is -3.47. The Morgan fingerprint density at radius 3 is 2.73 bits per heavy atom. The van der Waals surface area contributed by atoms with Crippen LogP contribution in [-0.4, -0.2) is 38.7 Å². The molecule has 1 aliphatic heterocycles. The second-order valence-electron chi connectivity index (χ2n) is 6.32. The molecule has 1 amide bonds. The van der Waals surface area contributed by atoms with E-state index in [2.05, 4.69) is 9.71 Å². The van der Waals surface area contributed by atoms with Crippen molar-refractivity contribution in [1.29, 1.82) is 0 Å². The fourth-order valence-corrected chi connectivity index (χ4v) is 3.58. The van der Waals surface area contributed by atoms with Crippen LogP contribution >= 0.6 is 0 Å². The predicted octanol–water partition coefficient (Wildman–Crippen LogP) is 1.83. The molecule has 0 aliphatic carbocycles. The summed E-state index contributed by atoms with van der Waals surface area (Å²) in [6, 6.07) is 7.44. The number of halogens is 1. The number of rotatable bonds is 5. The van der Waals surface area contributed by atoms with Gasteiger partial charge in [-0.05, 0) is 42.2 Å². The maximum atomic E-state index is 13.3. The number of aryl methyl sites for hydroxylation is 1. The van der Waals surface area contributed by atoms with Gasteiger partial charge in [-0.3, -0.25) is 9.78 Å². The van der Waals surface area contributed by atoms with E-state index in [1.54, 1.807) is 17.3 Å². The normalized spacial score (nSPS) is 15.4. The van der Waals surface area contributed by atoms with Gasteiger partial charge >= 0.3 is 0 Å². The number of anilines is 1. The van der Waals surface area contributed by atoms with Gasteiger partial charge in [0, 0.05) is 19.3 Å². The van der Waals surface area contributed by atoms with Crippen LogP contribution in [0.15, 0.2) is 42.7 Å². The number of aromatic nitrogens is 1. The van der Waals surface area contributed by atoms with E-state index in [9.17, 15) is 17.6 Å². The van der Waals surface area contributed by atoms with Crippen molar-refractivity contribution in [3.8, 4) is 0 Å². The van der Waals surface area contributed by atoms with Crippen LogP contribution in [0, 0.1) is 5.82 Å². The van der Waals surface area contributed by atoms with Crippen LogP contribution in [0.5, 0.6) is 0 Å². The number of sulfonamides is 1. The maximum Gasteiger partial charge on any atom is 0.235 e. The lowest BCUT2D eigenvalue weighted by molar-refractivity contribution is -0.120. The van der Waals surface area contributed by atoms with Crippen LogP contribution in [0.25, 0.3) is 0 Å². The van der Waals surface area contributed by atoms with E-state index < -0.39 is 21.8 Å². The first-order valence-electron chi connectivity index (χ1n) is 8.29. The van der Waals surface area contributed by atoms with E-state index in [-0.39, 0.29) is 12.5 Å². The quantitative estimate of drug-likeness (QED) is 0.862. The fraction of sp³-hybridized carbons (Fsp3) is 0.333. The standard InChI is InChI=1S/C18H20FN3O3S/c1-26(24,25)21-11-16(13-4-6-15(19)7-5-13)18(23)22-10-2-3-14-8-9-20-12-17(14)22/h4-9,12,16,21H,2-3,10-11H2,1H3/t16-/m1/s1. The first kappa shape index (κ1) is 18.5. The molecular weight excluding hydrogens is 357 g/mol. The number of fused-ring (bicyclic) bond motifs is 1. The third kappa shape index (κ3) is 4.25. The largest absolute Gasteiger partial charge is 0.310 e. The predicted molar refractivity (Wildman–Crippen MR) is 96.9 cm³/mol. The van der Waals surface area contributed by atoms with Gasteiger partial charge < -0.3 is 4.90 Å². The van der Waals surface area contributed by atoms with Crippen molar-refractivity contribution in [2.75, 3.05) is 24.2 Å². The van der Waals surface area contributed by atoms with Gasteiger partial charge in [-0.1, -0.05) is 12.1 Å². The molecule has 0 saturated carbocycles. The van der Waals surface area contributed by atoms with Crippen molar-refractivity contribution in [2.24, 2.45) is 0 Å². The molecule has 1 N–H and O–H groups in total. The van der Waals surface area contributed by atoms with Crippen LogP contribution < -0.4 is 9.62 Å². The van der Waals surface area contributed by atoms with E-state index >= 15 is 0 Å². The van der Waals surface area contributed by atoms with E-state index in [1.807, 2.05) is 6.07 Å². The summed E-state index contributed by atoms with van der Waals surface area (Å²) in [7, 11) is -3.47. The molecule has 2 heterocycles. The Morgan fingerprint density at radius 2 is 2.04 bits per heavy atom. The Morgan fingerprint density at radius 1 is 1.31 bits per heavy atom. The molecular formula is C18H20FN3O3S.